The fourth-order valence-corrected chi connectivity index (χ4v) is 2.68. The maximum absolute atomic E-state index is 10.2. The van der Waals surface area contributed by atoms with Crippen LogP contribution in [0.1, 0.15) is 5.56 Å². The molecule has 1 aromatic heterocycles. The molecule has 0 saturated carbocycles. The van der Waals surface area contributed by atoms with Crippen molar-refractivity contribution in [1.29, 1.82) is 0 Å². The summed E-state index contributed by atoms with van der Waals surface area (Å²) in [5, 5.41) is 10.2. The van der Waals surface area contributed by atoms with Gasteiger partial charge in [-0.2, -0.15) is 0 Å². The van der Waals surface area contributed by atoms with E-state index in [4.69, 9.17) is 0 Å². The molecule has 1 aliphatic heterocycles. The van der Waals surface area contributed by atoms with Crippen molar-refractivity contribution < 1.29 is 5.11 Å². The number of hydrogen-bond donors (Lipinski definition) is 1. The average molecular weight is 284 g/mol. The highest BCUT2D eigenvalue weighted by atomic mass is 16.3. The number of rotatable bonds is 3. The smallest absolute Gasteiger partial charge is 0.225 e. The molecule has 5 nitrogen and oxygen atoms in total. The fourth-order valence-electron chi connectivity index (χ4n) is 2.68. The van der Waals surface area contributed by atoms with Gasteiger partial charge in [-0.25, -0.2) is 9.97 Å². The lowest BCUT2D eigenvalue weighted by molar-refractivity contribution is 0.129. The Balaban J connectivity index is 1.66. The van der Waals surface area contributed by atoms with E-state index in [1.165, 1.54) is 5.56 Å². The van der Waals surface area contributed by atoms with E-state index in [-0.39, 0.29) is 6.10 Å². The highest BCUT2D eigenvalue weighted by Crippen LogP contribution is 2.13. The Bertz CT molecular complexity index is 549. The molecule has 21 heavy (non-hydrogen) atoms. The second-order valence-corrected chi connectivity index (χ2v) is 5.37. The van der Waals surface area contributed by atoms with Crippen LogP contribution >= 0.6 is 0 Å². The van der Waals surface area contributed by atoms with Gasteiger partial charge in [0.05, 0.1) is 6.10 Å². The van der Waals surface area contributed by atoms with Crippen LogP contribution in [-0.2, 0) is 6.54 Å². The van der Waals surface area contributed by atoms with Crippen molar-refractivity contribution in [2.75, 3.05) is 31.1 Å². The first-order valence-electron chi connectivity index (χ1n) is 7.27. The van der Waals surface area contributed by atoms with Crippen LogP contribution in [-0.4, -0.2) is 52.3 Å². The van der Waals surface area contributed by atoms with Gasteiger partial charge in [0.25, 0.3) is 0 Å². The summed E-state index contributed by atoms with van der Waals surface area (Å²) in [6.45, 7) is 3.84. The highest BCUT2D eigenvalue weighted by Gasteiger charge is 2.22. The van der Waals surface area contributed by atoms with Gasteiger partial charge in [0.1, 0.15) is 0 Å². The Morgan fingerprint density at radius 3 is 2.52 bits per heavy atom. The molecule has 1 aromatic carbocycles. The zero-order valence-corrected chi connectivity index (χ0v) is 12.0. The van der Waals surface area contributed by atoms with Crippen LogP contribution in [0, 0.1) is 0 Å². The number of β-amino-alcohol motifs (C(OH)–C–C–N with tert-alkyl or cyclic N) is 1. The highest BCUT2D eigenvalue weighted by molar-refractivity contribution is 5.29. The largest absolute Gasteiger partial charge is 0.390 e. The van der Waals surface area contributed by atoms with Crippen LogP contribution in [0.25, 0.3) is 0 Å². The van der Waals surface area contributed by atoms with E-state index >= 15 is 0 Å². The van der Waals surface area contributed by atoms with E-state index < -0.39 is 0 Å². The number of nitrogens with zero attached hydrogens (tertiary/aromatic N) is 4. The molecule has 1 atom stereocenters. The second-order valence-electron chi connectivity index (χ2n) is 5.37. The Labute approximate surface area is 124 Å². The Morgan fingerprint density at radius 1 is 1.00 bits per heavy atom. The molecule has 0 radical (unpaired) electrons. The standard InChI is InChI=1S/C16H20N4O/c21-15-12-19(11-14-5-2-1-3-6-14)9-10-20(13-15)16-17-7-4-8-18-16/h1-8,15,21H,9-13H2. The van der Waals surface area contributed by atoms with Crippen LogP contribution in [0.15, 0.2) is 48.8 Å². The Kier molecular flexibility index (Phi) is 4.43. The van der Waals surface area contributed by atoms with Crippen molar-refractivity contribution >= 4 is 5.95 Å². The summed E-state index contributed by atoms with van der Waals surface area (Å²) in [7, 11) is 0. The molecule has 1 N–H and O–H groups in total. The minimum Gasteiger partial charge on any atom is -0.390 e. The van der Waals surface area contributed by atoms with E-state index in [1.807, 2.05) is 18.2 Å². The first-order valence-corrected chi connectivity index (χ1v) is 7.27. The third-order valence-electron chi connectivity index (χ3n) is 3.67. The number of aliphatic hydroxyl groups is 1. The van der Waals surface area contributed by atoms with Gasteiger partial charge in [-0.05, 0) is 11.6 Å². The van der Waals surface area contributed by atoms with Crippen molar-refractivity contribution in [3.63, 3.8) is 0 Å². The van der Waals surface area contributed by atoms with Crippen LogP contribution in [0.3, 0.4) is 0 Å². The van der Waals surface area contributed by atoms with E-state index in [0.29, 0.717) is 19.0 Å². The fraction of sp³-hybridized carbons (Fsp3) is 0.375. The lowest BCUT2D eigenvalue weighted by Gasteiger charge is -2.21. The summed E-state index contributed by atoms with van der Waals surface area (Å²) in [5.41, 5.74) is 1.27. The molecule has 0 spiro atoms. The van der Waals surface area contributed by atoms with Gasteiger partial charge in [0, 0.05) is 45.1 Å². The first kappa shape index (κ1) is 14.0. The summed E-state index contributed by atoms with van der Waals surface area (Å²) >= 11 is 0. The number of aliphatic hydroxyl groups excluding tert-OH is 1. The Hall–Kier alpha value is -1.98. The summed E-state index contributed by atoms with van der Waals surface area (Å²) in [6.07, 6.45) is 3.09. The summed E-state index contributed by atoms with van der Waals surface area (Å²) in [6, 6.07) is 12.2. The van der Waals surface area contributed by atoms with E-state index in [1.54, 1.807) is 18.5 Å². The van der Waals surface area contributed by atoms with Crippen LogP contribution < -0.4 is 4.90 Å². The maximum atomic E-state index is 10.2. The number of hydrogen-bond acceptors (Lipinski definition) is 5. The third kappa shape index (κ3) is 3.77. The molecule has 1 fully saturated rings. The first-order chi connectivity index (χ1) is 10.3. The quantitative estimate of drug-likeness (QED) is 0.916. The van der Waals surface area contributed by atoms with Gasteiger partial charge < -0.3 is 10.0 Å². The average Bonchev–Trinajstić information content (AvgIpc) is 2.71. The molecule has 3 rings (SSSR count). The molecule has 2 aromatic rings. The molecule has 1 unspecified atom stereocenters. The molecule has 1 aliphatic rings. The molecule has 110 valence electrons. The van der Waals surface area contributed by atoms with Crippen molar-refractivity contribution in [2.24, 2.45) is 0 Å². The minimum absolute atomic E-state index is 0.389. The molecular weight excluding hydrogens is 264 g/mol. The molecule has 0 amide bonds. The van der Waals surface area contributed by atoms with Gasteiger partial charge in [0.15, 0.2) is 0 Å². The summed E-state index contributed by atoms with van der Waals surface area (Å²) < 4.78 is 0. The monoisotopic (exact) mass is 284 g/mol. The maximum Gasteiger partial charge on any atom is 0.225 e. The molecule has 0 aliphatic carbocycles. The van der Waals surface area contributed by atoms with Crippen LogP contribution in [0.2, 0.25) is 0 Å². The number of anilines is 1. The van der Waals surface area contributed by atoms with Gasteiger partial charge in [0.2, 0.25) is 5.95 Å². The predicted molar refractivity (Wildman–Crippen MR) is 82.0 cm³/mol. The third-order valence-corrected chi connectivity index (χ3v) is 3.67. The van der Waals surface area contributed by atoms with Crippen LogP contribution in [0.4, 0.5) is 5.95 Å². The normalized spacial score (nSPS) is 20.2. The van der Waals surface area contributed by atoms with Crippen molar-refractivity contribution in [2.45, 2.75) is 12.6 Å². The van der Waals surface area contributed by atoms with Crippen molar-refractivity contribution in [3.8, 4) is 0 Å². The van der Waals surface area contributed by atoms with Crippen molar-refractivity contribution in [1.82, 2.24) is 14.9 Å². The summed E-state index contributed by atoms with van der Waals surface area (Å²) in [4.78, 5) is 12.9. The van der Waals surface area contributed by atoms with E-state index in [2.05, 4.69) is 31.9 Å². The lowest BCUT2D eigenvalue weighted by Crippen LogP contribution is -2.34. The zero-order chi connectivity index (χ0) is 14.5. The van der Waals surface area contributed by atoms with E-state index in [0.717, 1.165) is 19.6 Å². The van der Waals surface area contributed by atoms with Gasteiger partial charge in [-0.15, -0.1) is 0 Å². The molecule has 2 heterocycles. The molecule has 1 saturated heterocycles. The number of aromatic nitrogens is 2. The number of benzene rings is 1. The Morgan fingerprint density at radius 2 is 1.76 bits per heavy atom. The topological polar surface area (TPSA) is 52.5 Å². The zero-order valence-electron chi connectivity index (χ0n) is 12.0. The predicted octanol–water partition coefficient (Wildman–Crippen LogP) is 1.16. The van der Waals surface area contributed by atoms with Crippen molar-refractivity contribution in [3.05, 3.63) is 54.4 Å². The van der Waals surface area contributed by atoms with Crippen LogP contribution in [0.5, 0.6) is 0 Å². The van der Waals surface area contributed by atoms with Gasteiger partial charge in [-0.1, -0.05) is 30.3 Å². The summed E-state index contributed by atoms with van der Waals surface area (Å²) in [5.74, 6) is 0.693. The minimum atomic E-state index is -0.389. The van der Waals surface area contributed by atoms with E-state index in [9.17, 15) is 5.11 Å². The molecule has 0 bridgehead atoms. The molecule has 5 heteroatoms. The second kappa shape index (κ2) is 6.65. The van der Waals surface area contributed by atoms with Gasteiger partial charge >= 0.3 is 0 Å². The SMILES string of the molecule is OC1CN(Cc2ccccc2)CCN(c2ncccn2)C1. The van der Waals surface area contributed by atoms with Gasteiger partial charge in [-0.3, -0.25) is 4.90 Å². The lowest BCUT2D eigenvalue weighted by atomic mass is 10.2. The molecular formula is C16H20N4O.